The lowest BCUT2D eigenvalue weighted by Crippen LogP contribution is -2.27. The Morgan fingerprint density at radius 1 is 1.28 bits per heavy atom. The first-order valence-electron chi connectivity index (χ1n) is 5.38. The molecule has 98 valence electrons. The molecular weight excluding hydrogens is 257 g/mol. The van der Waals surface area contributed by atoms with Crippen molar-refractivity contribution in [1.29, 1.82) is 0 Å². The van der Waals surface area contributed by atoms with E-state index in [1.165, 1.54) is 23.9 Å². The van der Waals surface area contributed by atoms with Gasteiger partial charge in [-0.05, 0) is 17.7 Å². The van der Waals surface area contributed by atoms with Gasteiger partial charge in [-0.1, -0.05) is 12.1 Å². The molecule has 0 unspecified atom stereocenters. The van der Waals surface area contributed by atoms with Crippen molar-refractivity contribution >= 4 is 23.6 Å². The quantitative estimate of drug-likeness (QED) is 0.734. The molecule has 0 saturated heterocycles. The Kier molecular flexibility index (Phi) is 6.21. The molecule has 0 atom stereocenters. The number of nitrogens with one attached hydrogen (secondary N) is 1. The van der Waals surface area contributed by atoms with Crippen LogP contribution >= 0.6 is 11.8 Å². The topological polar surface area (TPSA) is 66.4 Å². The Bertz CT molecular complexity index is 408. The summed E-state index contributed by atoms with van der Waals surface area (Å²) < 4.78 is 12.6. The highest BCUT2D eigenvalue weighted by Crippen LogP contribution is 2.03. The van der Waals surface area contributed by atoms with Crippen molar-refractivity contribution in [2.75, 3.05) is 18.1 Å². The number of carbonyl (C=O) groups is 2. The zero-order valence-electron chi connectivity index (χ0n) is 9.69. The molecule has 0 aromatic heterocycles. The fraction of sp³-hybridized carbons (Fsp3) is 0.333. The lowest BCUT2D eigenvalue weighted by atomic mass is 10.1. The first-order valence-corrected chi connectivity index (χ1v) is 6.54. The molecule has 0 bridgehead atoms. The summed E-state index contributed by atoms with van der Waals surface area (Å²) in [5, 5.41) is 11.1. The van der Waals surface area contributed by atoms with Gasteiger partial charge in [-0.25, -0.2) is 4.39 Å². The lowest BCUT2D eigenvalue weighted by Gasteiger charge is -2.04. The molecule has 1 aromatic rings. The molecule has 1 rings (SSSR count). The van der Waals surface area contributed by atoms with Gasteiger partial charge < -0.3 is 10.4 Å². The molecule has 0 fully saturated rings. The highest BCUT2D eigenvalue weighted by molar-refractivity contribution is 7.99. The second-order valence-electron chi connectivity index (χ2n) is 3.60. The third-order valence-electron chi connectivity index (χ3n) is 2.07. The molecule has 18 heavy (non-hydrogen) atoms. The van der Waals surface area contributed by atoms with Crippen molar-refractivity contribution in [2.45, 2.75) is 6.42 Å². The molecule has 4 nitrogen and oxygen atoms in total. The number of carboxylic acid groups (broad SMARTS) is 1. The van der Waals surface area contributed by atoms with Crippen LogP contribution in [0.4, 0.5) is 4.39 Å². The lowest BCUT2D eigenvalue weighted by molar-refractivity contribution is -0.133. The molecule has 0 aliphatic heterocycles. The van der Waals surface area contributed by atoms with E-state index in [2.05, 4.69) is 5.32 Å². The van der Waals surface area contributed by atoms with Gasteiger partial charge in [-0.2, -0.15) is 0 Å². The fourth-order valence-electron chi connectivity index (χ4n) is 1.27. The van der Waals surface area contributed by atoms with Crippen LogP contribution in [-0.4, -0.2) is 35.0 Å². The minimum atomic E-state index is -0.863. The van der Waals surface area contributed by atoms with Crippen LogP contribution in [0.1, 0.15) is 5.56 Å². The number of rotatable bonds is 7. The van der Waals surface area contributed by atoms with Gasteiger partial charge >= 0.3 is 5.97 Å². The zero-order valence-corrected chi connectivity index (χ0v) is 10.5. The second-order valence-corrected chi connectivity index (χ2v) is 4.70. The van der Waals surface area contributed by atoms with E-state index in [0.717, 1.165) is 5.56 Å². The molecule has 0 spiro atoms. The van der Waals surface area contributed by atoms with Crippen molar-refractivity contribution in [3.63, 3.8) is 0 Å². The summed E-state index contributed by atoms with van der Waals surface area (Å²) in [6, 6.07) is 5.75. The zero-order chi connectivity index (χ0) is 13.4. The highest BCUT2D eigenvalue weighted by Gasteiger charge is 2.03. The third kappa shape index (κ3) is 6.24. The van der Waals surface area contributed by atoms with E-state index in [1.54, 1.807) is 12.1 Å². The SMILES string of the molecule is O=C(O)CSCCNC(=O)Cc1ccc(F)cc1. The second kappa shape index (κ2) is 7.71. The standard InChI is InChI=1S/C12H14FNO3S/c13-10-3-1-9(2-4-10)7-11(15)14-5-6-18-8-12(16)17/h1-4H,5-8H2,(H,14,15)(H,16,17). The van der Waals surface area contributed by atoms with Crippen LogP contribution in [0.15, 0.2) is 24.3 Å². The minimum Gasteiger partial charge on any atom is -0.481 e. The van der Waals surface area contributed by atoms with Gasteiger partial charge in [0.1, 0.15) is 5.82 Å². The molecule has 1 amide bonds. The Morgan fingerprint density at radius 3 is 2.56 bits per heavy atom. The summed E-state index contributed by atoms with van der Waals surface area (Å²) in [6.45, 7) is 0.429. The monoisotopic (exact) mass is 271 g/mol. The van der Waals surface area contributed by atoms with Gasteiger partial charge in [0.25, 0.3) is 0 Å². The molecular formula is C12H14FNO3S. The minimum absolute atomic E-state index is 0.0355. The van der Waals surface area contributed by atoms with Crippen LogP contribution in [0.5, 0.6) is 0 Å². The number of hydrogen-bond donors (Lipinski definition) is 2. The Morgan fingerprint density at radius 2 is 1.94 bits per heavy atom. The van der Waals surface area contributed by atoms with E-state index >= 15 is 0 Å². The first kappa shape index (κ1) is 14.5. The average Bonchev–Trinajstić information content (AvgIpc) is 2.31. The predicted octanol–water partition coefficient (Wildman–Crippen LogP) is 1.30. The van der Waals surface area contributed by atoms with Crippen LogP contribution in [-0.2, 0) is 16.0 Å². The number of carboxylic acids is 1. The van der Waals surface area contributed by atoms with E-state index < -0.39 is 5.97 Å². The van der Waals surface area contributed by atoms with Crippen LogP contribution in [0.25, 0.3) is 0 Å². The van der Waals surface area contributed by atoms with Gasteiger partial charge in [0.2, 0.25) is 5.91 Å². The average molecular weight is 271 g/mol. The maximum Gasteiger partial charge on any atom is 0.313 e. The molecule has 0 aliphatic carbocycles. The number of thioether (sulfide) groups is 1. The predicted molar refractivity (Wildman–Crippen MR) is 68.1 cm³/mol. The normalized spacial score (nSPS) is 10.1. The molecule has 0 radical (unpaired) electrons. The number of halogens is 1. The van der Waals surface area contributed by atoms with Gasteiger partial charge in [-0.15, -0.1) is 11.8 Å². The maximum absolute atomic E-state index is 12.6. The maximum atomic E-state index is 12.6. The Balaban J connectivity index is 2.17. The van der Waals surface area contributed by atoms with Crippen LogP contribution in [0.3, 0.4) is 0 Å². The van der Waals surface area contributed by atoms with Crippen LogP contribution in [0, 0.1) is 5.82 Å². The summed E-state index contributed by atoms with van der Waals surface area (Å²) in [5.74, 6) is -0.755. The van der Waals surface area contributed by atoms with Gasteiger partial charge in [0, 0.05) is 12.3 Å². The van der Waals surface area contributed by atoms with Crippen molar-refractivity contribution in [3.05, 3.63) is 35.6 Å². The van der Waals surface area contributed by atoms with E-state index in [-0.39, 0.29) is 23.9 Å². The summed E-state index contributed by atoms with van der Waals surface area (Å²) in [7, 11) is 0. The third-order valence-corrected chi connectivity index (χ3v) is 3.02. The van der Waals surface area contributed by atoms with Crippen molar-refractivity contribution in [3.8, 4) is 0 Å². The van der Waals surface area contributed by atoms with Crippen molar-refractivity contribution in [2.24, 2.45) is 0 Å². The summed E-state index contributed by atoms with van der Waals surface area (Å²) in [6.07, 6.45) is 0.198. The number of amides is 1. The van der Waals surface area contributed by atoms with E-state index in [9.17, 15) is 14.0 Å². The van der Waals surface area contributed by atoms with Gasteiger partial charge in [-0.3, -0.25) is 9.59 Å². The van der Waals surface area contributed by atoms with E-state index in [0.29, 0.717) is 12.3 Å². The van der Waals surface area contributed by atoms with Crippen LogP contribution in [0.2, 0.25) is 0 Å². The molecule has 0 heterocycles. The Labute approximate surface area is 109 Å². The van der Waals surface area contributed by atoms with E-state index in [1.807, 2.05) is 0 Å². The van der Waals surface area contributed by atoms with Crippen molar-refractivity contribution in [1.82, 2.24) is 5.32 Å². The Hall–Kier alpha value is -1.56. The highest BCUT2D eigenvalue weighted by atomic mass is 32.2. The molecule has 2 N–H and O–H groups in total. The summed E-state index contributed by atoms with van der Waals surface area (Å²) >= 11 is 1.25. The van der Waals surface area contributed by atoms with Crippen molar-refractivity contribution < 1.29 is 19.1 Å². The van der Waals surface area contributed by atoms with E-state index in [4.69, 9.17) is 5.11 Å². The fourth-order valence-corrected chi connectivity index (χ4v) is 1.84. The van der Waals surface area contributed by atoms with Crippen LogP contribution < -0.4 is 5.32 Å². The molecule has 0 saturated carbocycles. The summed E-state index contributed by atoms with van der Waals surface area (Å²) in [4.78, 5) is 21.7. The first-order chi connectivity index (χ1) is 8.58. The number of carbonyl (C=O) groups excluding carboxylic acids is 1. The number of benzene rings is 1. The largest absolute Gasteiger partial charge is 0.481 e. The summed E-state index contributed by atoms with van der Waals surface area (Å²) in [5.41, 5.74) is 0.743. The molecule has 0 aliphatic rings. The van der Waals surface area contributed by atoms with Gasteiger partial charge in [0.15, 0.2) is 0 Å². The molecule has 1 aromatic carbocycles. The smallest absolute Gasteiger partial charge is 0.313 e. The number of aliphatic carboxylic acids is 1. The molecule has 6 heteroatoms. The number of hydrogen-bond acceptors (Lipinski definition) is 3. The van der Waals surface area contributed by atoms with Gasteiger partial charge in [0.05, 0.1) is 12.2 Å².